The monoisotopic (exact) mass is 384 g/mol. The van der Waals surface area contributed by atoms with E-state index in [1.807, 2.05) is 6.07 Å². The number of amides is 1. The Labute approximate surface area is 161 Å². The van der Waals surface area contributed by atoms with E-state index in [2.05, 4.69) is 14.6 Å². The van der Waals surface area contributed by atoms with Crippen LogP contribution in [0.15, 0.2) is 47.5 Å². The Balaban J connectivity index is 1.45. The minimum absolute atomic E-state index is 0.0621. The number of rotatable bonds is 4. The second kappa shape index (κ2) is 6.98. The molecule has 6 nitrogen and oxygen atoms in total. The van der Waals surface area contributed by atoms with Gasteiger partial charge in [-0.25, -0.2) is 0 Å². The molecule has 1 amide bonds. The predicted molar refractivity (Wildman–Crippen MR) is 102 cm³/mol. The molecular weight excluding hydrogens is 365 g/mol. The van der Waals surface area contributed by atoms with Crippen molar-refractivity contribution >= 4 is 18.8 Å². The van der Waals surface area contributed by atoms with Gasteiger partial charge in [0.2, 0.25) is 0 Å². The van der Waals surface area contributed by atoms with Gasteiger partial charge in [-0.1, -0.05) is 0 Å². The summed E-state index contributed by atoms with van der Waals surface area (Å²) in [5.41, 5.74) is 2.57. The second-order valence-electron chi connectivity index (χ2n) is 7.13. The van der Waals surface area contributed by atoms with Crippen molar-refractivity contribution in [2.45, 2.75) is 12.8 Å². The fourth-order valence-corrected chi connectivity index (χ4v) is 3.74. The first kappa shape index (κ1) is 18.6. The van der Waals surface area contributed by atoms with Crippen molar-refractivity contribution in [1.82, 2.24) is 9.79 Å². The Morgan fingerprint density at radius 1 is 1.14 bits per heavy atom. The summed E-state index contributed by atoms with van der Waals surface area (Å²) in [6.07, 6.45) is 0. The van der Waals surface area contributed by atoms with Crippen molar-refractivity contribution in [2.24, 2.45) is 5.90 Å². The molecule has 3 heterocycles. The third-order valence-electron chi connectivity index (χ3n) is 5.13. The zero-order valence-electron chi connectivity index (χ0n) is 15.4. The van der Waals surface area contributed by atoms with Crippen molar-refractivity contribution in [3.63, 3.8) is 0 Å². The van der Waals surface area contributed by atoms with Gasteiger partial charge in [0.05, 0.1) is 0 Å². The van der Waals surface area contributed by atoms with Crippen LogP contribution in [0.25, 0.3) is 0 Å². The van der Waals surface area contributed by atoms with Crippen LogP contribution in [0.3, 0.4) is 0 Å². The number of benzene rings is 1. The molecule has 0 bridgehead atoms. The first-order chi connectivity index (χ1) is 13.4. The number of carbonyl (C=O) groups is 1. The molecule has 144 valence electrons. The molecule has 0 spiro atoms. The fourth-order valence-electron chi connectivity index (χ4n) is 3.74. The Bertz CT molecular complexity index is 926. The van der Waals surface area contributed by atoms with Crippen LogP contribution in [-0.4, -0.2) is 48.9 Å². The van der Waals surface area contributed by atoms with Gasteiger partial charge in [0, 0.05) is 0 Å². The molecule has 0 unspecified atom stereocenters. The zero-order chi connectivity index (χ0) is 19.9. The van der Waals surface area contributed by atoms with E-state index in [9.17, 15) is 13.6 Å². The van der Waals surface area contributed by atoms with E-state index < -0.39 is 5.92 Å². The quantitative estimate of drug-likeness (QED) is 0.646. The van der Waals surface area contributed by atoms with Gasteiger partial charge in [-0.05, 0) is 0 Å². The Morgan fingerprint density at radius 2 is 1.82 bits per heavy atom. The van der Waals surface area contributed by atoms with Crippen molar-refractivity contribution < 1.29 is 18.4 Å². The van der Waals surface area contributed by atoms with Crippen LogP contribution in [0.2, 0.25) is 0 Å². The third kappa shape index (κ3) is 3.37. The molecule has 0 radical (unpaired) electrons. The van der Waals surface area contributed by atoms with Gasteiger partial charge in [-0.15, -0.1) is 0 Å². The standard InChI is InChI=1S/C19H19BF2N4O2/c1-19(21,22)15-5-3-2-4-14(15)18(27)26-10-12-8-25(9-13(12)11-26)17-7-6-16(28-23)20-24-17/h2-7H,8-11,23H2,1H3. The molecule has 0 fully saturated rings. The summed E-state index contributed by atoms with van der Waals surface area (Å²) in [6.45, 7) is 3.00. The molecule has 1 aromatic carbocycles. The molecule has 28 heavy (non-hydrogen) atoms. The molecule has 0 aliphatic carbocycles. The maximum absolute atomic E-state index is 13.9. The van der Waals surface area contributed by atoms with Crippen molar-refractivity contribution in [2.75, 3.05) is 31.1 Å². The number of hydrogen-bond donors (Lipinski definition) is 1. The number of carbonyl (C=O) groups excluding carboxylic acids is 1. The zero-order valence-corrected chi connectivity index (χ0v) is 15.4. The molecule has 0 saturated carbocycles. The molecule has 2 aliphatic rings. The Morgan fingerprint density at radius 3 is 2.39 bits per heavy atom. The molecule has 4 rings (SSSR count). The molecular formula is C19H19BF2N4O2. The number of halogens is 2. The van der Waals surface area contributed by atoms with Gasteiger partial charge in [0.1, 0.15) is 0 Å². The van der Waals surface area contributed by atoms with Gasteiger partial charge < -0.3 is 0 Å². The summed E-state index contributed by atoms with van der Waals surface area (Å²) < 4.78 is 27.7. The average molecular weight is 384 g/mol. The predicted octanol–water partition coefficient (Wildman–Crippen LogP) is 2.06. The first-order valence-electron chi connectivity index (χ1n) is 8.91. The summed E-state index contributed by atoms with van der Waals surface area (Å²) in [6, 6.07) is 9.48. The number of nitrogens with two attached hydrogens (primary N) is 1. The van der Waals surface area contributed by atoms with Gasteiger partial charge in [-0.2, -0.15) is 0 Å². The van der Waals surface area contributed by atoms with Gasteiger partial charge >= 0.3 is 161 Å². The van der Waals surface area contributed by atoms with Crippen LogP contribution >= 0.6 is 0 Å². The SMILES string of the molecule is CC(F)(F)c1ccccc1C(=O)N1CC2=C(C1)CN(c1ccc(ON)bn1)C2. The van der Waals surface area contributed by atoms with E-state index in [0.29, 0.717) is 31.8 Å². The molecule has 0 atom stereocenters. The number of aromatic nitrogens is 1. The minimum atomic E-state index is -3.07. The number of hydrogen-bond acceptors (Lipinski definition) is 5. The average Bonchev–Trinajstić information content (AvgIpc) is 3.26. The summed E-state index contributed by atoms with van der Waals surface area (Å²) in [5.74, 6) is 2.48. The number of alkyl halides is 2. The fraction of sp³-hybridized carbons (Fsp3) is 0.316. The summed E-state index contributed by atoms with van der Waals surface area (Å²) >= 11 is 0. The van der Waals surface area contributed by atoms with E-state index >= 15 is 0 Å². The summed E-state index contributed by atoms with van der Waals surface area (Å²) in [7, 11) is 1.55. The van der Waals surface area contributed by atoms with Crippen LogP contribution < -0.4 is 15.6 Å². The second-order valence-corrected chi connectivity index (χ2v) is 7.13. The van der Waals surface area contributed by atoms with Crippen LogP contribution in [0.5, 0.6) is 5.64 Å². The Hall–Kier alpha value is -2.81. The van der Waals surface area contributed by atoms with Crippen LogP contribution in [0.1, 0.15) is 22.8 Å². The molecule has 9 heteroatoms. The third-order valence-corrected chi connectivity index (χ3v) is 5.13. The topological polar surface area (TPSA) is 71.7 Å². The normalized spacial score (nSPS) is 16.4. The van der Waals surface area contributed by atoms with E-state index in [1.54, 1.807) is 24.1 Å². The van der Waals surface area contributed by atoms with E-state index in [1.165, 1.54) is 18.2 Å². The van der Waals surface area contributed by atoms with E-state index in [4.69, 9.17) is 5.90 Å². The van der Waals surface area contributed by atoms with Gasteiger partial charge in [0.15, 0.2) is 0 Å². The molecule has 2 aliphatic heterocycles. The Kier molecular flexibility index (Phi) is 4.62. The molecule has 2 aromatic rings. The van der Waals surface area contributed by atoms with E-state index in [-0.39, 0.29) is 17.0 Å². The van der Waals surface area contributed by atoms with Crippen molar-refractivity contribution in [1.29, 1.82) is 0 Å². The molecule has 1 aromatic heterocycles. The van der Waals surface area contributed by atoms with Gasteiger partial charge in [0.25, 0.3) is 0 Å². The first-order valence-corrected chi connectivity index (χ1v) is 8.91. The number of nitrogens with zero attached hydrogens (tertiary/aromatic N) is 3. The number of anilines is 1. The van der Waals surface area contributed by atoms with Crippen LogP contribution in [0, 0.1) is 0 Å². The summed E-state index contributed by atoms with van der Waals surface area (Å²) in [4.78, 5) is 25.6. The molecule has 0 saturated heterocycles. The maximum atomic E-state index is 13.9. The summed E-state index contributed by atoms with van der Waals surface area (Å²) in [5, 5.41) is 0. The van der Waals surface area contributed by atoms with Crippen LogP contribution in [-0.2, 0) is 5.92 Å². The van der Waals surface area contributed by atoms with Crippen molar-refractivity contribution in [3.8, 4) is 5.64 Å². The van der Waals surface area contributed by atoms with E-state index in [0.717, 1.165) is 23.9 Å². The molecule has 2 N–H and O–H groups in total. The van der Waals surface area contributed by atoms with Gasteiger partial charge in [-0.3, -0.25) is 0 Å². The van der Waals surface area contributed by atoms with Crippen molar-refractivity contribution in [3.05, 3.63) is 58.7 Å². The van der Waals surface area contributed by atoms with Crippen LogP contribution in [0.4, 0.5) is 14.6 Å².